The Morgan fingerprint density at radius 2 is 2.20 bits per heavy atom. The number of thiazole rings is 1. The molecule has 0 aliphatic carbocycles. The number of halogens is 1. The summed E-state index contributed by atoms with van der Waals surface area (Å²) in [4.78, 5) is 4.11. The summed E-state index contributed by atoms with van der Waals surface area (Å²) in [6, 6.07) is 8.19. The molecule has 0 spiro atoms. The number of aryl methyl sites for hydroxylation is 1. The highest BCUT2D eigenvalue weighted by molar-refractivity contribution is 9.11. The molecule has 1 aromatic heterocycles. The molecular weight excluding hydrogens is 274 g/mol. The molecule has 0 bridgehead atoms. The molecule has 0 aliphatic heterocycles. The molecule has 0 amide bonds. The Balaban J connectivity index is 2.02. The molecule has 0 fully saturated rings. The summed E-state index contributed by atoms with van der Waals surface area (Å²) in [5.74, 6) is 0. The molecule has 0 saturated heterocycles. The van der Waals surface area contributed by atoms with Gasteiger partial charge in [-0.3, -0.25) is 0 Å². The highest BCUT2D eigenvalue weighted by Gasteiger charge is 2.02. The van der Waals surface area contributed by atoms with Gasteiger partial charge in [-0.1, -0.05) is 35.6 Å². The second kappa shape index (κ2) is 4.77. The van der Waals surface area contributed by atoms with Crippen molar-refractivity contribution in [1.82, 2.24) is 4.98 Å². The van der Waals surface area contributed by atoms with Gasteiger partial charge in [-0.05, 0) is 34.0 Å². The van der Waals surface area contributed by atoms with Gasteiger partial charge in [-0.2, -0.15) is 0 Å². The summed E-state index contributed by atoms with van der Waals surface area (Å²) in [6.45, 7) is 2.66. The van der Waals surface area contributed by atoms with E-state index in [4.69, 9.17) is 4.74 Å². The zero-order chi connectivity index (χ0) is 10.7. The van der Waals surface area contributed by atoms with Gasteiger partial charge in [0.25, 0.3) is 5.19 Å². The number of hydrogen-bond acceptors (Lipinski definition) is 3. The van der Waals surface area contributed by atoms with E-state index >= 15 is 0 Å². The predicted molar refractivity (Wildman–Crippen MR) is 65.3 cm³/mol. The molecule has 1 heterocycles. The molecule has 2 aromatic rings. The molecule has 0 atom stereocenters. The number of rotatable bonds is 3. The number of hydrogen-bond donors (Lipinski definition) is 0. The molecule has 15 heavy (non-hydrogen) atoms. The first-order chi connectivity index (χ1) is 7.25. The van der Waals surface area contributed by atoms with Crippen molar-refractivity contribution >= 4 is 27.3 Å². The third-order valence-corrected chi connectivity index (χ3v) is 3.46. The van der Waals surface area contributed by atoms with Crippen LogP contribution in [0.3, 0.4) is 0 Å². The minimum Gasteiger partial charge on any atom is -0.465 e. The van der Waals surface area contributed by atoms with E-state index in [1.807, 2.05) is 12.1 Å². The fourth-order valence-corrected chi connectivity index (χ4v) is 2.23. The summed E-state index contributed by atoms with van der Waals surface area (Å²) in [5.41, 5.74) is 2.44. The molecule has 2 nitrogen and oxygen atoms in total. The first-order valence-electron chi connectivity index (χ1n) is 4.54. The van der Waals surface area contributed by atoms with Gasteiger partial charge < -0.3 is 4.74 Å². The van der Waals surface area contributed by atoms with Gasteiger partial charge in [0.2, 0.25) is 0 Å². The van der Waals surface area contributed by atoms with E-state index in [-0.39, 0.29) is 0 Å². The smallest absolute Gasteiger partial charge is 0.274 e. The molecular formula is C11H10BrNOS. The van der Waals surface area contributed by atoms with Crippen molar-refractivity contribution < 1.29 is 4.74 Å². The Kier molecular flexibility index (Phi) is 3.38. The first-order valence-corrected chi connectivity index (χ1v) is 6.15. The number of benzene rings is 1. The molecule has 2 rings (SSSR count). The van der Waals surface area contributed by atoms with Gasteiger partial charge in [0.1, 0.15) is 6.61 Å². The Labute approximate surface area is 101 Å². The number of ether oxygens (including phenoxy) is 1. The van der Waals surface area contributed by atoms with Gasteiger partial charge in [0.15, 0.2) is 0 Å². The van der Waals surface area contributed by atoms with Crippen molar-refractivity contribution in [3.05, 3.63) is 45.4 Å². The lowest BCUT2D eigenvalue weighted by Gasteiger charge is -2.05. The molecule has 78 valence electrons. The van der Waals surface area contributed by atoms with Crippen molar-refractivity contribution in [2.75, 3.05) is 0 Å². The summed E-state index contributed by atoms with van der Waals surface area (Å²) >= 11 is 4.85. The van der Waals surface area contributed by atoms with Crippen LogP contribution < -0.4 is 4.74 Å². The minimum absolute atomic E-state index is 0.576. The monoisotopic (exact) mass is 283 g/mol. The topological polar surface area (TPSA) is 22.1 Å². The molecule has 0 radical (unpaired) electrons. The second-order valence-electron chi connectivity index (χ2n) is 3.15. The van der Waals surface area contributed by atoms with E-state index in [1.54, 1.807) is 6.20 Å². The normalized spacial score (nSPS) is 10.3. The van der Waals surface area contributed by atoms with Gasteiger partial charge in [0.05, 0.1) is 9.98 Å². The quantitative estimate of drug-likeness (QED) is 0.855. The predicted octanol–water partition coefficient (Wildman–Crippen LogP) is 3.79. The van der Waals surface area contributed by atoms with Crippen LogP contribution in [0.5, 0.6) is 5.19 Å². The van der Waals surface area contributed by atoms with Crippen molar-refractivity contribution in [3.63, 3.8) is 0 Å². The third-order valence-electron chi connectivity index (χ3n) is 2.07. The Bertz CT molecular complexity index is 455. The van der Waals surface area contributed by atoms with E-state index in [0.29, 0.717) is 11.8 Å². The van der Waals surface area contributed by atoms with Crippen LogP contribution in [0, 0.1) is 6.92 Å². The first kappa shape index (κ1) is 10.6. The highest BCUT2D eigenvalue weighted by Crippen LogP contribution is 2.26. The lowest BCUT2D eigenvalue weighted by atomic mass is 10.1. The van der Waals surface area contributed by atoms with Crippen LogP contribution in [-0.2, 0) is 6.61 Å². The minimum atomic E-state index is 0.576. The summed E-state index contributed by atoms with van der Waals surface area (Å²) in [7, 11) is 0. The van der Waals surface area contributed by atoms with E-state index in [0.717, 1.165) is 3.79 Å². The number of aromatic nitrogens is 1. The fourth-order valence-electron chi connectivity index (χ4n) is 1.22. The second-order valence-corrected chi connectivity index (χ2v) is 5.52. The zero-order valence-electron chi connectivity index (χ0n) is 8.24. The molecule has 0 N–H and O–H groups in total. The summed E-state index contributed by atoms with van der Waals surface area (Å²) in [6.07, 6.45) is 1.75. The lowest BCUT2D eigenvalue weighted by Crippen LogP contribution is -1.96. The highest BCUT2D eigenvalue weighted by atomic mass is 79.9. The van der Waals surface area contributed by atoms with E-state index < -0.39 is 0 Å². The summed E-state index contributed by atoms with van der Waals surface area (Å²) < 4.78 is 6.56. The van der Waals surface area contributed by atoms with Crippen LogP contribution in [0.15, 0.2) is 34.2 Å². The molecule has 4 heteroatoms. The number of nitrogens with zero attached hydrogens (tertiary/aromatic N) is 1. The van der Waals surface area contributed by atoms with Crippen molar-refractivity contribution in [3.8, 4) is 5.19 Å². The Morgan fingerprint density at radius 3 is 2.87 bits per heavy atom. The van der Waals surface area contributed by atoms with E-state index in [9.17, 15) is 0 Å². The Hall–Kier alpha value is -0.870. The standard InChI is InChI=1S/C11H10BrNOS/c1-8-4-2-3-5-9(8)7-14-11-13-6-10(12)15-11/h2-6H,7H2,1H3. The van der Waals surface area contributed by atoms with Crippen molar-refractivity contribution in [2.45, 2.75) is 13.5 Å². The molecule has 0 aliphatic rings. The maximum absolute atomic E-state index is 5.57. The third kappa shape index (κ3) is 2.79. The van der Waals surface area contributed by atoms with Crippen LogP contribution >= 0.6 is 27.3 Å². The van der Waals surface area contributed by atoms with Gasteiger partial charge in [0, 0.05) is 0 Å². The maximum atomic E-state index is 5.57. The van der Waals surface area contributed by atoms with Crippen molar-refractivity contribution in [1.29, 1.82) is 0 Å². The largest absolute Gasteiger partial charge is 0.465 e. The van der Waals surface area contributed by atoms with Crippen molar-refractivity contribution in [2.24, 2.45) is 0 Å². The van der Waals surface area contributed by atoms with E-state index in [2.05, 4.69) is 40.0 Å². The lowest BCUT2D eigenvalue weighted by molar-refractivity contribution is 0.304. The van der Waals surface area contributed by atoms with Crippen LogP contribution in [-0.4, -0.2) is 4.98 Å². The SMILES string of the molecule is Cc1ccccc1COc1ncc(Br)s1. The molecule has 0 saturated carbocycles. The maximum Gasteiger partial charge on any atom is 0.274 e. The Morgan fingerprint density at radius 1 is 1.40 bits per heavy atom. The van der Waals surface area contributed by atoms with E-state index in [1.165, 1.54) is 22.5 Å². The average Bonchev–Trinajstić information content (AvgIpc) is 2.63. The molecule has 0 unspecified atom stereocenters. The zero-order valence-corrected chi connectivity index (χ0v) is 10.6. The van der Waals surface area contributed by atoms with Crippen LogP contribution in [0.1, 0.15) is 11.1 Å². The van der Waals surface area contributed by atoms with Gasteiger partial charge in [-0.25, -0.2) is 4.98 Å². The van der Waals surface area contributed by atoms with Crippen LogP contribution in [0.4, 0.5) is 0 Å². The average molecular weight is 284 g/mol. The summed E-state index contributed by atoms with van der Waals surface area (Å²) in [5, 5.41) is 0.699. The van der Waals surface area contributed by atoms with Crippen LogP contribution in [0.25, 0.3) is 0 Å². The molecule has 1 aromatic carbocycles. The van der Waals surface area contributed by atoms with Crippen LogP contribution in [0.2, 0.25) is 0 Å². The fraction of sp³-hybridized carbons (Fsp3) is 0.182. The van der Waals surface area contributed by atoms with Gasteiger partial charge in [-0.15, -0.1) is 0 Å². The van der Waals surface area contributed by atoms with Gasteiger partial charge >= 0.3 is 0 Å².